The molecule has 5 heteroatoms. The summed E-state index contributed by atoms with van der Waals surface area (Å²) in [7, 11) is 1.64. The topological polar surface area (TPSA) is 58.6 Å². The SMILES string of the molecule is COc1ccc(C(=O)C2CCN(C(=O)NC3CCCC3)CC2)cc1C. The van der Waals surface area contributed by atoms with Gasteiger partial charge < -0.3 is 15.0 Å². The number of rotatable bonds is 4. The summed E-state index contributed by atoms with van der Waals surface area (Å²) in [6.07, 6.45) is 6.09. The molecule has 25 heavy (non-hydrogen) atoms. The number of ketones is 1. The minimum absolute atomic E-state index is 0.00308. The minimum atomic E-state index is 0.00308. The Morgan fingerprint density at radius 3 is 2.40 bits per heavy atom. The van der Waals surface area contributed by atoms with Crippen molar-refractivity contribution in [2.75, 3.05) is 20.2 Å². The fourth-order valence-electron chi connectivity index (χ4n) is 3.95. The van der Waals surface area contributed by atoms with Crippen LogP contribution in [0.3, 0.4) is 0 Å². The van der Waals surface area contributed by atoms with Gasteiger partial charge >= 0.3 is 6.03 Å². The van der Waals surface area contributed by atoms with Gasteiger partial charge in [-0.15, -0.1) is 0 Å². The number of nitrogens with one attached hydrogen (secondary N) is 1. The molecule has 5 nitrogen and oxygen atoms in total. The Hall–Kier alpha value is -2.04. The maximum atomic E-state index is 12.7. The first-order valence-electron chi connectivity index (χ1n) is 9.33. The van der Waals surface area contributed by atoms with Crippen LogP contribution in [0.5, 0.6) is 5.75 Å². The van der Waals surface area contributed by atoms with Crippen molar-refractivity contribution >= 4 is 11.8 Å². The van der Waals surface area contributed by atoms with Crippen LogP contribution in [-0.4, -0.2) is 43.0 Å². The molecule has 1 N–H and O–H groups in total. The predicted octanol–water partition coefficient (Wildman–Crippen LogP) is 3.55. The van der Waals surface area contributed by atoms with Gasteiger partial charge in [-0.3, -0.25) is 4.79 Å². The number of carbonyl (C=O) groups is 2. The number of ether oxygens (including phenoxy) is 1. The maximum absolute atomic E-state index is 12.7. The summed E-state index contributed by atoms with van der Waals surface area (Å²) in [6.45, 7) is 3.26. The summed E-state index contributed by atoms with van der Waals surface area (Å²) >= 11 is 0. The largest absolute Gasteiger partial charge is 0.496 e. The number of urea groups is 1. The number of Topliss-reactive ketones (excluding diaryl/α,β-unsaturated/α-hetero) is 1. The third-order valence-corrected chi connectivity index (χ3v) is 5.52. The van der Waals surface area contributed by atoms with E-state index >= 15 is 0 Å². The van der Waals surface area contributed by atoms with E-state index in [4.69, 9.17) is 4.74 Å². The van der Waals surface area contributed by atoms with Gasteiger partial charge in [0.15, 0.2) is 5.78 Å². The molecule has 1 aliphatic carbocycles. The van der Waals surface area contributed by atoms with E-state index in [-0.39, 0.29) is 17.7 Å². The zero-order valence-corrected chi connectivity index (χ0v) is 15.2. The van der Waals surface area contributed by atoms with Crippen LogP contribution in [0.1, 0.15) is 54.4 Å². The molecule has 0 bridgehead atoms. The van der Waals surface area contributed by atoms with Crippen LogP contribution >= 0.6 is 0 Å². The Kier molecular flexibility index (Phi) is 5.61. The lowest BCUT2D eigenvalue weighted by molar-refractivity contribution is 0.0853. The first kappa shape index (κ1) is 17.8. The van der Waals surface area contributed by atoms with Gasteiger partial charge in [0.2, 0.25) is 0 Å². The average Bonchev–Trinajstić information content (AvgIpc) is 3.14. The summed E-state index contributed by atoms with van der Waals surface area (Å²) in [5, 5.41) is 3.13. The van der Waals surface area contributed by atoms with Crippen LogP contribution in [-0.2, 0) is 0 Å². The van der Waals surface area contributed by atoms with E-state index in [1.807, 2.05) is 30.0 Å². The van der Waals surface area contributed by atoms with Crippen molar-refractivity contribution in [2.45, 2.75) is 51.5 Å². The number of piperidine rings is 1. The predicted molar refractivity (Wildman–Crippen MR) is 97.1 cm³/mol. The van der Waals surface area contributed by atoms with Crippen LogP contribution in [0.2, 0.25) is 0 Å². The molecule has 1 heterocycles. The highest BCUT2D eigenvalue weighted by molar-refractivity contribution is 5.98. The molecule has 1 saturated heterocycles. The molecule has 0 atom stereocenters. The fourth-order valence-corrected chi connectivity index (χ4v) is 3.95. The van der Waals surface area contributed by atoms with E-state index < -0.39 is 0 Å². The van der Waals surface area contributed by atoms with Crippen LogP contribution in [0, 0.1) is 12.8 Å². The van der Waals surface area contributed by atoms with Gasteiger partial charge in [-0.25, -0.2) is 4.79 Å². The van der Waals surface area contributed by atoms with E-state index in [9.17, 15) is 9.59 Å². The molecule has 2 fully saturated rings. The number of amides is 2. The first-order valence-corrected chi connectivity index (χ1v) is 9.33. The second-order valence-electron chi connectivity index (χ2n) is 7.24. The number of aryl methyl sites for hydroxylation is 1. The highest BCUT2D eigenvalue weighted by Crippen LogP contribution is 2.25. The molecule has 0 spiro atoms. The van der Waals surface area contributed by atoms with Crippen LogP contribution < -0.4 is 10.1 Å². The lowest BCUT2D eigenvalue weighted by Crippen LogP contribution is -2.48. The van der Waals surface area contributed by atoms with E-state index in [2.05, 4.69) is 5.32 Å². The summed E-state index contributed by atoms with van der Waals surface area (Å²) in [4.78, 5) is 26.9. The molecule has 2 amide bonds. The molecule has 1 aliphatic heterocycles. The van der Waals surface area contributed by atoms with Gasteiger partial charge in [0, 0.05) is 30.6 Å². The molecule has 1 aromatic carbocycles. The van der Waals surface area contributed by atoms with Crippen LogP contribution in [0.15, 0.2) is 18.2 Å². The third kappa shape index (κ3) is 4.14. The Morgan fingerprint density at radius 2 is 1.80 bits per heavy atom. The Morgan fingerprint density at radius 1 is 1.12 bits per heavy atom. The number of benzene rings is 1. The normalized spacial score (nSPS) is 19.0. The fraction of sp³-hybridized carbons (Fsp3) is 0.600. The van der Waals surface area contributed by atoms with Gasteiger partial charge in [0.05, 0.1) is 7.11 Å². The maximum Gasteiger partial charge on any atom is 0.317 e. The summed E-state index contributed by atoms with van der Waals surface area (Å²) in [6, 6.07) is 5.98. The molecule has 1 saturated carbocycles. The van der Waals surface area contributed by atoms with Crippen molar-refractivity contribution in [3.05, 3.63) is 29.3 Å². The average molecular weight is 344 g/mol. The highest BCUT2D eigenvalue weighted by Gasteiger charge is 2.29. The molecular formula is C20H28N2O3. The van der Waals surface area contributed by atoms with E-state index in [1.54, 1.807) is 7.11 Å². The van der Waals surface area contributed by atoms with Gasteiger partial charge in [0.25, 0.3) is 0 Å². The summed E-state index contributed by atoms with van der Waals surface area (Å²) < 4.78 is 5.26. The summed E-state index contributed by atoms with van der Waals surface area (Å²) in [5.74, 6) is 0.986. The molecule has 3 rings (SSSR count). The minimum Gasteiger partial charge on any atom is -0.496 e. The monoisotopic (exact) mass is 344 g/mol. The zero-order valence-electron chi connectivity index (χ0n) is 15.2. The Balaban J connectivity index is 1.53. The molecule has 136 valence electrons. The van der Waals surface area contributed by atoms with Crippen molar-refractivity contribution in [1.82, 2.24) is 10.2 Å². The number of hydrogen-bond donors (Lipinski definition) is 1. The number of methoxy groups -OCH3 is 1. The van der Waals surface area contributed by atoms with E-state index in [0.717, 1.165) is 42.6 Å². The van der Waals surface area contributed by atoms with Gasteiger partial charge in [-0.1, -0.05) is 12.8 Å². The third-order valence-electron chi connectivity index (χ3n) is 5.52. The second kappa shape index (κ2) is 7.89. The van der Waals surface area contributed by atoms with Crippen molar-refractivity contribution in [3.63, 3.8) is 0 Å². The first-order chi connectivity index (χ1) is 12.1. The number of nitrogens with zero attached hydrogens (tertiary/aromatic N) is 1. The lowest BCUT2D eigenvalue weighted by atomic mass is 9.88. The van der Waals surface area contributed by atoms with Crippen LogP contribution in [0.25, 0.3) is 0 Å². The Bertz CT molecular complexity index is 630. The zero-order chi connectivity index (χ0) is 17.8. The standard InChI is InChI=1S/C20H28N2O3/c1-14-13-16(7-8-18(14)25-2)19(23)15-9-11-22(12-10-15)20(24)21-17-5-3-4-6-17/h7-8,13,15,17H,3-6,9-12H2,1-2H3,(H,21,24). The van der Waals surface area contributed by atoms with Gasteiger partial charge in [-0.2, -0.15) is 0 Å². The van der Waals surface area contributed by atoms with Crippen LogP contribution in [0.4, 0.5) is 4.79 Å². The summed E-state index contributed by atoms with van der Waals surface area (Å²) in [5.41, 5.74) is 1.72. The quantitative estimate of drug-likeness (QED) is 0.850. The van der Waals surface area contributed by atoms with Crippen molar-refractivity contribution in [3.8, 4) is 5.75 Å². The Labute approximate surface area is 149 Å². The van der Waals surface area contributed by atoms with Crippen molar-refractivity contribution in [2.24, 2.45) is 5.92 Å². The number of carbonyl (C=O) groups excluding carboxylic acids is 2. The second-order valence-corrected chi connectivity index (χ2v) is 7.24. The molecule has 0 radical (unpaired) electrons. The lowest BCUT2D eigenvalue weighted by Gasteiger charge is -2.32. The van der Waals surface area contributed by atoms with Gasteiger partial charge in [-0.05, 0) is 56.4 Å². The highest BCUT2D eigenvalue weighted by atomic mass is 16.5. The van der Waals surface area contributed by atoms with Gasteiger partial charge in [0.1, 0.15) is 5.75 Å². The molecule has 0 unspecified atom stereocenters. The number of likely N-dealkylation sites (tertiary alicyclic amines) is 1. The van der Waals surface area contributed by atoms with E-state index in [1.165, 1.54) is 12.8 Å². The van der Waals surface area contributed by atoms with E-state index in [0.29, 0.717) is 19.1 Å². The molecule has 2 aliphatic rings. The van der Waals surface area contributed by atoms with Crippen molar-refractivity contribution < 1.29 is 14.3 Å². The number of hydrogen-bond acceptors (Lipinski definition) is 3. The van der Waals surface area contributed by atoms with Crippen molar-refractivity contribution in [1.29, 1.82) is 0 Å². The molecule has 1 aromatic rings. The smallest absolute Gasteiger partial charge is 0.317 e. The molecular weight excluding hydrogens is 316 g/mol. The molecule has 0 aromatic heterocycles.